The minimum Gasteiger partial charge on any atom is -0.387 e. The summed E-state index contributed by atoms with van der Waals surface area (Å²) in [6.45, 7) is 4.12. The molecule has 1 aromatic heterocycles. The van der Waals surface area contributed by atoms with E-state index in [0.29, 0.717) is 18.8 Å². The van der Waals surface area contributed by atoms with Crippen LogP contribution in [0.3, 0.4) is 0 Å². The summed E-state index contributed by atoms with van der Waals surface area (Å²) in [4.78, 5) is 15.2. The molecule has 2 unspecified atom stereocenters. The molecule has 2 atom stereocenters. The zero-order valence-electron chi connectivity index (χ0n) is 14.2. The Kier molecular flexibility index (Phi) is 6.46. The Morgan fingerprint density at radius 3 is 2.71 bits per heavy atom. The van der Waals surface area contributed by atoms with Gasteiger partial charge in [0.1, 0.15) is 11.6 Å². The monoisotopic (exact) mass is 327 g/mol. The first-order chi connectivity index (χ1) is 11.4. The van der Waals surface area contributed by atoms with Crippen molar-refractivity contribution in [3.8, 4) is 0 Å². The summed E-state index contributed by atoms with van der Waals surface area (Å²) in [7, 11) is 0. The summed E-state index contributed by atoms with van der Waals surface area (Å²) in [5, 5.41) is 13.5. The number of hydrogen-bond acceptors (Lipinski definition) is 5. The maximum absolute atomic E-state index is 11.2. The van der Waals surface area contributed by atoms with Crippen molar-refractivity contribution in [2.24, 2.45) is 0 Å². The molecule has 128 valence electrons. The van der Waals surface area contributed by atoms with Crippen LogP contribution >= 0.6 is 0 Å². The van der Waals surface area contributed by atoms with Crippen molar-refractivity contribution in [2.45, 2.75) is 38.8 Å². The zero-order valence-corrected chi connectivity index (χ0v) is 14.2. The third kappa shape index (κ3) is 5.76. The fraction of sp³-hybridized carbons (Fsp3) is 0.368. The summed E-state index contributed by atoms with van der Waals surface area (Å²) >= 11 is 0. The summed E-state index contributed by atoms with van der Waals surface area (Å²) in [6.07, 6.45) is 2.28. The van der Waals surface area contributed by atoms with Gasteiger partial charge in [-0.15, -0.1) is 0 Å². The lowest BCUT2D eigenvalue weighted by Gasteiger charge is -2.18. The van der Waals surface area contributed by atoms with Gasteiger partial charge in [0.2, 0.25) is 0 Å². The van der Waals surface area contributed by atoms with E-state index in [-0.39, 0.29) is 11.8 Å². The molecule has 0 aliphatic heterocycles. The van der Waals surface area contributed by atoms with Crippen LogP contribution in [0.2, 0.25) is 0 Å². The number of aliphatic hydroxyl groups is 1. The highest BCUT2D eigenvalue weighted by Crippen LogP contribution is 2.13. The van der Waals surface area contributed by atoms with E-state index in [1.807, 2.05) is 12.1 Å². The second-order valence-electron chi connectivity index (χ2n) is 6.24. The van der Waals surface area contributed by atoms with Gasteiger partial charge in [0.15, 0.2) is 0 Å². The average Bonchev–Trinajstić information content (AvgIpc) is 2.53. The predicted molar refractivity (Wildman–Crippen MR) is 95.6 cm³/mol. The van der Waals surface area contributed by atoms with Gasteiger partial charge >= 0.3 is 0 Å². The van der Waals surface area contributed by atoms with E-state index in [2.05, 4.69) is 29.4 Å². The Morgan fingerprint density at radius 2 is 2.04 bits per heavy atom. The second kappa shape index (κ2) is 8.57. The van der Waals surface area contributed by atoms with Gasteiger partial charge in [-0.25, -0.2) is 4.98 Å². The highest BCUT2D eigenvalue weighted by molar-refractivity contribution is 5.78. The van der Waals surface area contributed by atoms with E-state index in [4.69, 9.17) is 5.73 Å². The average molecular weight is 327 g/mol. The molecule has 0 aliphatic rings. The summed E-state index contributed by atoms with van der Waals surface area (Å²) in [5.41, 5.74) is 8.51. The number of aliphatic hydroxyl groups excluding tert-OH is 1. The van der Waals surface area contributed by atoms with Gasteiger partial charge in [0.25, 0.3) is 0 Å². The van der Waals surface area contributed by atoms with Gasteiger partial charge in [-0.1, -0.05) is 30.3 Å². The van der Waals surface area contributed by atoms with Gasteiger partial charge in [-0.2, -0.15) is 0 Å². The summed E-state index contributed by atoms with van der Waals surface area (Å²) < 4.78 is 0. The second-order valence-corrected chi connectivity index (χ2v) is 6.24. The zero-order chi connectivity index (χ0) is 17.5. The van der Waals surface area contributed by atoms with Crippen molar-refractivity contribution >= 4 is 11.6 Å². The molecule has 4 N–H and O–H groups in total. The van der Waals surface area contributed by atoms with Crippen LogP contribution < -0.4 is 11.1 Å². The Labute approximate surface area is 142 Å². The van der Waals surface area contributed by atoms with Crippen LogP contribution in [0.4, 0.5) is 5.82 Å². The molecule has 24 heavy (non-hydrogen) atoms. The number of anilines is 1. The molecule has 0 amide bonds. The number of carbonyl (C=O) groups is 1. The molecule has 0 aliphatic carbocycles. The highest BCUT2D eigenvalue weighted by atomic mass is 16.3. The quantitative estimate of drug-likeness (QED) is 0.690. The first kappa shape index (κ1) is 18.1. The van der Waals surface area contributed by atoms with E-state index in [0.717, 1.165) is 17.5 Å². The number of nitrogen functional groups attached to an aromatic ring is 1. The van der Waals surface area contributed by atoms with Gasteiger partial charge < -0.3 is 16.2 Å². The predicted octanol–water partition coefficient (Wildman–Crippen LogP) is 2.05. The molecular formula is C19H25N3O2. The molecule has 2 rings (SSSR count). The van der Waals surface area contributed by atoms with Crippen molar-refractivity contribution < 1.29 is 9.90 Å². The molecule has 0 fully saturated rings. The smallest absolute Gasteiger partial charge is 0.134 e. The van der Waals surface area contributed by atoms with E-state index >= 15 is 0 Å². The number of nitrogens with one attached hydrogen (secondary N) is 1. The van der Waals surface area contributed by atoms with E-state index in [1.165, 1.54) is 5.56 Å². The number of pyridine rings is 1. The largest absolute Gasteiger partial charge is 0.387 e. The summed E-state index contributed by atoms with van der Waals surface area (Å²) in [5.74, 6) is 0.608. The van der Waals surface area contributed by atoms with Gasteiger partial charge in [-0.05, 0) is 37.5 Å². The van der Waals surface area contributed by atoms with Crippen LogP contribution in [0, 0.1) is 0 Å². The molecule has 1 heterocycles. The van der Waals surface area contributed by atoms with Gasteiger partial charge in [0, 0.05) is 30.8 Å². The molecule has 2 aromatic rings. The maximum atomic E-state index is 11.2. The first-order valence-corrected chi connectivity index (χ1v) is 8.14. The number of nitrogens with zero attached hydrogens (tertiary/aromatic N) is 1. The lowest BCUT2D eigenvalue weighted by Crippen LogP contribution is -2.32. The number of benzene rings is 1. The molecule has 5 nitrogen and oxygen atoms in total. The Morgan fingerprint density at radius 1 is 1.29 bits per heavy atom. The molecule has 0 saturated carbocycles. The normalized spacial score (nSPS) is 13.5. The number of Topliss-reactive ketones (excluding diaryl/α,β-unsaturated/α-hetero) is 1. The molecule has 1 aromatic carbocycles. The molecule has 0 saturated heterocycles. The number of nitrogens with two attached hydrogens (primary N) is 1. The van der Waals surface area contributed by atoms with Crippen LogP contribution in [0.15, 0.2) is 42.6 Å². The number of carbonyl (C=O) groups excluding carboxylic acids is 1. The van der Waals surface area contributed by atoms with Crippen LogP contribution in [-0.4, -0.2) is 28.5 Å². The minimum atomic E-state index is -0.621. The molecule has 5 heteroatoms. The maximum Gasteiger partial charge on any atom is 0.134 e. The van der Waals surface area contributed by atoms with Gasteiger partial charge in [-0.3, -0.25) is 4.79 Å². The van der Waals surface area contributed by atoms with Gasteiger partial charge in [0.05, 0.1) is 6.10 Å². The molecular weight excluding hydrogens is 302 g/mol. The van der Waals surface area contributed by atoms with E-state index in [9.17, 15) is 9.90 Å². The number of ketones is 1. The molecule has 0 bridgehead atoms. The Hall–Kier alpha value is -2.24. The minimum absolute atomic E-state index is 0.165. The first-order valence-electron chi connectivity index (χ1n) is 8.14. The SMILES string of the molecule is CC(=O)Cc1cccc(CC(C)NCC(O)c2ccc(N)nc2)c1. The van der Waals surface area contributed by atoms with E-state index in [1.54, 1.807) is 25.3 Å². The molecule has 0 radical (unpaired) electrons. The standard InChI is InChI=1S/C19H25N3O2/c1-13(8-15-4-3-5-16(10-15)9-14(2)23)21-12-18(24)17-6-7-19(20)22-11-17/h3-7,10-11,13,18,21,24H,8-9,12H2,1-2H3,(H2,20,22). The fourth-order valence-corrected chi connectivity index (χ4v) is 2.62. The van der Waals surface area contributed by atoms with Crippen molar-refractivity contribution in [2.75, 3.05) is 12.3 Å². The number of rotatable bonds is 8. The lowest BCUT2D eigenvalue weighted by molar-refractivity contribution is -0.116. The lowest BCUT2D eigenvalue weighted by atomic mass is 10.0. The summed E-state index contributed by atoms with van der Waals surface area (Å²) in [6, 6.07) is 11.7. The molecule has 0 spiro atoms. The van der Waals surface area contributed by atoms with Crippen LogP contribution in [0.25, 0.3) is 0 Å². The van der Waals surface area contributed by atoms with Crippen molar-refractivity contribution in [3.05, 3.63) is 59.3 Å². The van der Waals surface area contributed by atoms with Crippen molar-refractivity contribution in [1.29, 1.82) is 0 Å². The van der Waals surface area contributed by atoms with E-state index < -0.39 is 6.10 Å². The topological polar surface area (TPSA) is 88.2 Å². The van der Waals surface area contributed by atoms with Crippen molar-refractivity contribution in [1.82, 2.24) is 10.3 Å². The Bertz CT molecular complexity index is 671. The number of hydrogen-bond donors (Lipinski definition) is 3. The van der Waals surface area contributed by atoms with Crippen LogP contribution in [0.1, 0.15) is 36.6 Å². The van der Waals surface area contributed by atoms with Crippen LogP contribution in [0.5, 0.6) is 0 Å². The van der Waals surface area contributed by atoms with Crippen molar-refractivity contribution in [3.63, 3.8) is 0 Å². The highest BCUT2D eigenvalue weighted by Gasteiger charge is 2.10. The number of aromatic nitrogens is 1. The Balaban J connectivity index is 1.85. The third-order valence-corrected chi connectivity index (χ3v) is 3.84. The third-order valence-electron chi connectivity index (χ3n) is 3.84. The fourth-order valence-electron chi connectivity index (χ4n) is 2.62. The van der Waals surface area contributed by atoms with Crippen LogP contribution in [-0.2, 0) is 17.6 Å².